The summed E-state index contributed by atoms with van der Waals surface area (Å²) in [6, 6.07) is 11.4. The Bertz CT molecular complexity index is 622. The van der Waals surface area contributed by atoms with Gasteiger partial charge in [0.1, 0.15) is 11.7 Å². The molecule has 1 aromatic carbocycles. The van der Waals surface area contributed by atoms with Crippen molar-refractivity contribution in [3.8, 4) is 17.0 Å². The summed E-state index contributed by atoms with van der Waals surface area (Å²) in [5.41, 5.74) is 1.83. The van der Waals surface area contributed by atoms with E-state index >= 15 is 0 Å². The summed E-state index contributed by atoms with van der Waals surface area (Å²) < 4.78 is 7.70. The van der Waals surface area contributed by atoms with Crippen LogP contribution < -0.4 is 10.3 Å². The van der Waals surface area contributed by atoms with Crippen LogP contribution in [0.5, 0.6) is 5.75 Å². The Kier molecular flexibility index (Phi) is 4.71. The van der Waals surface area contributed by atoms with Crippen molar-refractivity contribution in [2.45, 2.75) is 0 Å². The predicted molar refractivity (Wildman–Crippen MR) is 83.8 cm³/mol. The lowest BCUT2D eigenvalue weighted by Crippen LogP contribution is -2.18. The highest BCUT2D eigenvalue weighted by Crippen LogP contribution is 2.22. The van der Waals surface area contributed by atoms with Crippen LogP contribution in [0.15, 0.2) is 45.7 Å². The van der Waals surface area contributed by atoms with Crippen molar-refractivity contribution in [1.82, 2.24) is 4.57 Å². The normalized spacial score (nSPS) is 10.5. The van der Waals surface area contributed by atoms with E-state index < -0.39 is 0 Å². The number of halogens is 1. The minimum absolute atomic E-state index is 0.0415. The molecule has 0 radical (unpaired) electrons. The fourth-order valence-corrected chi connectivity index (χ4v) is 2.40. The minimum Gasteiger partial charge on any atom is -0.483 e. The van der Waals surface area contributed by atoms with Crippen LogP contribution in [-0.2, 0) is 7.05 Å². The predicted octanol–water partition coefficient (Wildman–Crippen LogP) is 3.51. The van der Waals surface area contributed by atoms with Gasteiger partial charge in [-0.05, 0) is 64.1 Å². The van der Waals surface area contributed by atoms with Crippen LogP contribution in [0.2, 0.25) is 0 Å². The lowest BCUT2D eigenvalue weighted by atomic mass is 10.1. The number of hydrogen-bond acceptors (Lipinski definition) is 3. The molecule has 0 spiro atoms. The van der Waals surface area contributed by atoms with Gasteiger partial charge in [0.05, 0.1) is 10.2 Å². The lowest BCUT2D eigenvalue weighted by Gasteiger charge is -2.10. The Hall–Kier alpha value is -1.20. The molecule has 0 unspecified atom stereocenters. The Morgan fingerprint density at radius 2 is 1.89 bits per heavy atom. The van der Waals surface area contributed by atoms with Crippen LogP contribution in [0, 0.1) is 0 Å². The third-order valence-electron chi connectivity index (χ3n) is 2.75. The second-order valence-electron chi connectivity index (χ2n) is 4.01. The molecule has 100 valence electrons. The van der Waals surface area contributed by atoms with Crippen LogP contribution in [-0.4, -0.2) is 16.8 Å². The maximum atomic E-state index is 11.9. The molecule has 0 N–H and O–H groups in total. The SMILES string of the molecule is CSCOc1ccc(-c2ccc(Br)c(=O)n2C)cc1. The summed E-state index contributed by atoms with van der Waals surface area (Å²) in [7, 11) is 1.76. The number of nitrogens with zero attached hydrogens (tertiary/aromatic N) is 1. The van der Waals surface area contributed by atoms with E-state index in [0.717, 1.165) is 17.0 Å². The van der Waals surface area contributed by atoms with Crippen molar-refractivity contribution in [2.24, 2.45) is 7.05 Å². The molecule has 0 aliphatic rings. The fraction of sp³-hybridized carbons (Fsp3) is 0.214. The second-order valence-corrected chi connectivity index (χ2v) is 5.67. The van der Waals surface area contributed by atoms with Gasteiger partial charge in [-0.3, -0.25) is 4.79 Å². The van der Waals surface area contributed by atoms with Crippen LogP contribution in [0.25, 0.3) is 11.3 Å². The lowest BCUT2D eigenvalue weighted by molar-refractivity contribution is 0.393. The quantitative estimate of drug-likeness (QED) is 0.798. The molecule has 3 nitrogen and oxygen atoms in total. The molecular formula is C14H14BrNO2S. The van der Waals surface area contributed by atoms with E-state index in [1.165, 1.54) is 0 Å². The summed E-state index contributed by atoms with van der Waals surface area (Å²) in [5, 5.41) is 0. The van der Waals surface area contributed by atoms with E-state index in [9.17, 15) is 4.79 Å². The summed E-state index contributed by atoms with van der Waals surface area (Å²) in [4.78, 5) is 11.9. The first-order valence-electron chi connectivity index (χ1n) is 5.71. The van der Waals surface area contributed by atoms with Crippen molar-refractivity contribution >= 4 is 27.7 Å². The van der Waals surface area contributed by atoms with Gasteiger partial charge in [-0.1, -0.05) is 0 Å². The van der Waals surface area contributed by atoms with Crippen molar-refractivity contribution in [3.05, 3.63) is 51.2 Å². The van der Waals surface area contributed by atoms with E-state index in [0.29, 0.717) is 10.4 Å². The number of pyridine rings is 1. The minimum atomic E-state index is -0.0415. The summed E-state index contributed by atoms with van der Waals surface area (Å²) in [6.45, 7) is 0. The molecule has 0 saturated heterocycles. The number of ether oxygens (including phenoxy) is 1. The van der Waals surface area contributed by atoms with Crippen LogP contribution in [0.4, 0.5) is 0 Å². The third kappa shape index (κ3) is 3.22. The van der Waals surface area contributed by atoms with E-state index in [-0.39, 0.29) is 5.56 Å². The molecule has 0 saturated carbocycles. The molecule has 0 bridgehead atoms. The van der Waals surface area contributed by atoms with E-state index in [1.807, 2.05) is 36.6 Å². The van der Waals surface area contributed by atoms with Gasteiger partial charge in [-0.2, -0.15) is 0 Å². The number of aromatic nitrogens is 1. The van der Waals surface area contributed by atoms with Gasteiger partial charge in [0.2, 0.25) is 0 Å². The average Bonchev–Trinajstić information content (AvgIpc) is 2.44. The van der Waals surface area contributed by atoms with Crippen molar-refractivity contribution in [2.75, 3.05) is 12.2 Å². The van der Waals surface area contributed by atoms with Crippen LogP contribution in [0.3, 0.4) is 0 Å². The number of rotatable bonds is 4. The molecule has 1 aromatic heterocycles. The number of thioether (sulfide) groups is 1. The fourth-order valence-electron chi connectivity index (χ4n) is 1.74. The van der Waals surface area contributed by atoms with Crippen LogP contribution in [0.1, 0.15) is 0 Å². The molecule has 0 aliphatic carbocycles. The maximum absolute atomic E-state index is 11.9. The second kappa shape index (κ2) is 6.30. The Morgan fingerprint density at radius 3 is 2.53 bits per heavy atom. The average molecular weight is 340 g/mol. The van der Waals surface area contributed by atoms with Gasteiger partial charge in [0.25, 0.3) is 5.56 Å². The van der Waals surface area contributed by atoms with Gasteiger partial charge in [0.15, 0.2) is 0 Å². The Morgan fingerprint density at radius 1 is 1.21 bits per heavy atom. The number of hydrogen-bond donors (Lipinski definition) is 0. The zero-order valence-electron chi connectivity index (χ0n) is 10.7. The summed E-state index contributed by atoms with van der Waals surface area (Å²) in [5.74, 6) is 1.47. The summed E-state index contributed by atoms with van der Waals surface area (Å²) >= 11 is 4.87. The first-order valence-corrected chi connectivity index (χ1v) is 7.90. The highest BCUT2D eigenvalue weighted by Gasteiger charge is 2.06. The number of benzene rings is 1. The molecule has 1 heterocycles. The van der Waals surface area contributed by atoms with Crippen molar-refractivity contribution in [3.63, 3.8) is 0 Å². The van der Waals surface area contributed by atoms with Gasteiger partial charge in [-0.25, -0.2) is 0 Å². The molecule has 0 amide bonds. The molecule has 2 aromatic rings. The highest BCUT2D eigenvalue weighted by molar-refractivity contribution is 9.10. The molecule has 0 atom stereocenters. The standard InChI is InChI=1S/C14H14BrNO2S/c1-16-13(8-7-12(15)14(16)17)10-3-5-11(6-4-10)18-9-19-2/h3-8H,9H2,1-2H3. The van der Waals surface area contributed by atoms with Gasteiger partial charge in [-0.15, -0.1) is 11.8 Å². The molecule has 2 rings (SSSR count). The maximum Gasteiger partial charge on any atom is 0.265 e. The smallest absolute Gasteiger partial charge is 0.265 e. The molecule has 0 fully saturated rings. The van der Waals surface area contributed by atoms with Crippen molar-refractivity contribution < 1.29 is 4.74 Å². The third-order valence-corrected chi connectivity index (χ3v) is 3.71. The molecule has 19 heavy (non-hydrogen) atoms. The Balaban J connectivity index is 2.32. The largest absolute Gasteiger partial charge is 0.483 e. The van der Waals surface area contributed by atoms with Crippen LogP contribution >= 0.6 is 27.7 Å². The van der Waals surface area contributed by atoms with Crippen molar-refractivity contribution in [1.29, 1.82) is 0 Å². The van der Waals surface area contributed by atoms with Gasteiger partial charge in [0, 0.05) is 7.05 Å². The first-order chi connectivity index (χ1) is 9.13. The molecule has 5 heteroatoms. The Labute approximate surface area is 124 Å². The monoisotopic (exact) mass is 339 g/mol. The van der Waals surface area contributed by atoms with E-state index in [2.05, 4.69) is 15.9 Å². The molecular weight excluding hydrogens is 326 g/mol. The summed E-state index contributed by atoms with van der Waals surface area (Å²) in [6.07, 6.45) is 1.99. The van der Waals surface area contributed by atoms with E-state index in [4.69, 9.17) is 4.74 Å². The zero-order chi connectivity index (χ0) is 13.8. The van der Waals surface area contributed by atoms with Gasteiger partial charge >= 0.3 is 0 Å². The van der Waals surface area contributed by atoms with Gasteiger partial charge < -0.3 is 9.30 Å². The topological polar surface area (TPSA) is 31.2 Å². The first kappa shape index (κ1) is 14.2. The van der Waals surface area contributed by atoms with E-state index in [1.54, 1.807) is 29.4 Å². The zero-order valence-corrected chi connectivity index (χ0v) is 13.1. The highest BCUT2D eigenvalue weighted by atomic mass is 79.9. The molecule has 0 aliphatic heterocycles.